The maximum Gasteiger partial charge on any atom is 0.410 e. The molecule has 0 bridgehead atoms. The van der Waals surface area contributed by atoms with E-state index < -0.39 is 0 Å². The Balaban J connectivity index is 1.63. The van der Waals surface area contributed by atoms with Crippen LogP contribution in [0.25, 0.3) is 0 Å². The van der Waals surface area contributed by atoms with Gasteiger partial charge < -0.3 is 19.1 Å². The zero-order valence-electron chi connectivity index (χ0n) is 19.3. The topological polar surface area (TPSA) is 48.0 Å². The van der Waals surface area contributed by atoms with Gasteiger partial charge in [-0.2, -0.15) is 0 Å². The lowest BCUT2D eigenvalue weighted by Gasteiger charge is -2.35. The molecule has 0 spiro atoms. The van der Waals surface area contributed by atoms with Crippen LogP contribution in [-0.4, -0.2) is 42.6 Å². The molecule has 0 aliphatic carbocycles. The lowest BCUT2D eigenvalue weighted by Crippen LogP contribution is -2.47. The summed E-state index contributed by atoms with van der Waals surface area (Å²) in [4.78, 5) is 14.9. The van der Waals surface area contributed by atoms with Crippen LogP contribution < -0.4 is 0 Å². The number of benzene rings is 2. The van der Waals surface area contributed by atoms with Gasteiger partial charge in [-0.25, -0.2) is 4.79 Å². The molecule has 0 aromatic heterocycles. The molecular formula is C26H34BrNO4. The lowest BCUT2D eigenvalue weighted by atomic mass is 10.1. The van der Waals surface area contributed by atoms with Gasteiger partial charge in [-0.05, 0) is 69.7 Å². The van der Waals surface area contributed by atoms with Gasteiger partial charge in [0.05, 0.1) is 0 Å². The molecule has 2 aromatic rings. The molecule has 1 unspecified atom stereocenters. The minimum Gasteiger partial charge on any atom is -0.446 e. The molecular weight excluding hydrogens is 470 g/mol. The number of halogens is 1. The van der Waals surface area contributed by atoms with Crippen LogP contribution in [-0.2, 0) is 20.6 Å². The second-order valence-electron chi connectivity index (χ2n) is 9.11. The molecule has 1 fully saturated rings. The van der Waals surface area contributed by atoms with Gasteiger partial charge >= 0.3 is 6.09 Å². The summed E-state index contributed by atoms with van der Waals surface area (Å²) in [6.07, 6.45) is 2.81. The van der Waals surface area contributed by atoms with Crippen molar-refractivity contribution < 1.29 is 19.0 Å². The zero-order chi connectivity index (χ0) is 23.0. The van der Waals surface area contributed by atoms with E-state index >= 15 is 0 Å². The molecule has 1 aliphatic heterocycles. The summed E-state index contributed by atoms with van der Waals surface area (Å²) in [6.45, 7) is 7.50. The minimum absolute atomic E-state index is 0.146. The number of hydrogen-bond acceptors (Lipinski definition) is 4. The van der Waals surface area contributed by atoms with Gasteiger partial charge in [0, 0.05) is 23.2 Å². The standard InChI is InChI=1S/C26H34BrNO4/c1-26(2,3)28(17-16-20-12-14-22(27)15-13-20)25(29)31-19-23(21-9-5-4-6-10-21)32-24-11-7-8-18-30-24/h4-6,9-10,12-15,23-24H,7-8,11,16-19H2,1-3H3/t23-,24?/m0/s1. The van der Waals surface area contributed by atoms with Crippen LogP contribution in [0.1, 0.15) is 57.3 Å². The third-order valence-corrected chi connectivity index (χ3v) is 6.08. The molecule has 0 N–H and O–H groups in total. The van der Waals surface area contributed by atoms with Gasteiger partial charge in [0.15, 0.2) is 6.29 Å². The number of amides is 1. The molecule has 3 rings (SSSR count). The Morgan fingerprint density at radius 2 is 1.84 bits per heavy atom. The van der Waals surface area contributed by atoms with Crippen LogP contribution >= 0.6 is 15.9 Å². The fourth-order valence-corrected chi connectivity index (χ4v) is 3.97. The van der Waals surface area contributed by atoms with Crippen LogP contribution in [0.5, 0.6) is 0 Å². The highest BCUT2D eigenvalue weighted by atomic mass is 79.9. The number of rotatable bonds is 8. The van der Waals surface area contributed by atoms with Crippen LogP contribution in [0, 0.1) is 0 Å². The Bertz CT molecular complexity index is 829. The molecule has 1 amide bonds. The van der Waals surface area contributed by atoms with Crippen molar-refractivity contribution in [1.29, 1.82) is 0 Å². The predicted octanol–water partition coefficient (Wildman–Crippen LogP) is 6.51. The van der Waals surface area contributed by atoms with Crippen LogP contribution in [0.15, 0.2) is 59.1 Å². The number of ether oxygens (including phenoxy) is 3. The SMILES string of the molecule is CC(C)(C)N(CCc1ccc(Br)cc1)C(=O)OC[C@H](OC1CCCCO1)c1ccccc1. The van der Waals surface area contributed by atoms with Gasteiger partial charge in [0.2, 0.25) is 0 Å². The van der Waals surface area contributed by atoms with E-state index in [1.807, 2.05) is 63.2 Å². The van der Waals surface area contributed by atoms with Crippen molar-refractivity contribution in [3.05, 3.63) is 70.2 Å². The fourth-order valence-electron chi connectivity index (χ4n) is 3.70. The molecule has 0 saturated carbocycles. The first-order valence-corrected chi connectivity index (χ1v) is 12.1. The highest BCUT2D eigenvalue weighted by Gasteiger charge is 2.29. The molecule has 6 heteroatoms. The maximum absolute atomic E-state index is 13.1. The number of nitrogens with zero attached hydrogens (tertiary/aromatic N) is 1. The monoisotopic (exact) mass is 503 g/mol. The summed E-state index contributed by atoms with van der Waals surface area (Å²) in [5.74, 6) is 0. The van der Waals surface area contributed by atoms with Gasteiger partial charge in [0.1, 0.15) is 12.7 Å². The molecule has 1 aliphatic rings. The maximum atomic E-state index is 13.1. The van der Waals surface area contributed by atoms with Crippen molar-refractivity contribution in [1.82, 2.24) is 4.90 Å². The van der Waals surface area contributed by atoms with Gasteiger partial charge in [-0.3, -0.25) is 0 Å². The third-order valence-electron chi connectivity index (χ3n) is 5.55. The Morgan fingerprint density at radius 1 is 1.12 bits per heavy atom. The molecule has 5 nitrogen and oxygen atoms in total. The van der Waals surface area contributed by atoms with E-state index in [4.69, 9.17) is 14.2 Å². The fraction of sp³-hybridized carbons (Fsp3) is 0.500. The molecule has 1 heterocycles. The van der Waals surface area contributed by atoms with E-state index in [1.165, 1.54) is 5.56 Å². The lowest BCUT2D eigenvalue weighted by molar-refractivity contribution is -0.197. The summed E-state index contributed by atoms with van der Waals surface area (Å²) >= 11 is 3.46. The largest absolute Gasteiger partial charge is 0.446 e. The van der Waals surface area contributed by atoms with E-state index in [1.54, 1.807) is 4.90 Å². The minimum atomic E-state index is -0.364. The highest BCUT2D eigenvalue weighted by Crippen LogP contribution is 2.25. The summed E-state index contributed by atoms with van der Waals surface area (Å²) in [6, 6.07) is 18.1. The smallest absolute Gasteiger partial charge is 0.410 e. The van der Waals surface area contributed by atoms with E-state index in [-0.39, 0.29) is 30.6 Å². The average molecular weight is 504 g/mol. The molecule has 1 saturated heterocycles. The zero-order valence-corrected chi connectivity index (χ0v) is 20.8. The third kappa shape index (κ3) is 7.61. The summed E-state index contributed by atoms with van der Waals surface area (Å²) < 4.78 is 18.8. The normalized spacial score (nSPS) is 17.6. The number of carbonyl (C=O) groups is 1. The van der Waals surface area contributed by atoms with E-state index in [0.717, 1.165) is 35.7 Å². The van der Waals surface area contributed by atoms with Crippen LogP contribution in [0.3, 0.4) is 0 Å². The number of hydrogen-bond donors (Lipinski definition) is 0. The summed E-state index contributed by atoms with van der Waals surface area (Å²) in [7, 11) is 0. The van der Waals surface area contributed by atoms with E-state index in [9.17, 15) is 4.79 Å². The second kappa shape index (κ2) is 11.8. The Hall–Kier alpha value is -1.89. The predicted molar refractivity (Wildman–Crippen MR) is 130 cm³/mol. The van der Waals surface area contributed by atoms with Crippen molar-refractivity contribution in [2.24, 2.45) is 0 Å². The highest BCUT2D eigenvalue weighted by molar-refractivity contribution is 9.10. The van der Waals surface area contributed by atoms with Crippen molar-refractivity contribution >= 4 is 22.0 Å². The molecule has 2 atom stereocenters. The second-order valence-corrected chi connectivity index (χ2v) is 10.0. The van der Waals surface area contributed by atoms with Gasteiger partial charge in [0.25, 0.3) is 0 Å². The molecule has 0 radical (unpaired) electrons. The Morgan fingerprint density at radius 3 is 2.47 bits per heavy atom. The van der Waals surface area contributed by atoms with Crippen LogP contribution in [0.4, 0.5) is 4.79 Å². The average Bonchev–Trinajstić information content (AvgIpc) is 2.78. The summed E-state index contributed by atoms with van der Waals surface area (Å²) in [5, 5.41) is 0. The Labute approximate surface area is 200 Å². The van der Waals surface area contributed by atoms with E-state index in [2.05, 4.69) is 28.1 Å². The first kappa shape index (κ1) is 24.7. The molecule has 2 aromatic carbocycles. The van der Waals surface area contributed by atoms with E-state index in [0.29, 0.717) is 13.2 Å². The van der Waals surface area contributed by atoms with Crippen LogP contribution in [0.2, 0.25) is 0 Å². The molecule has 32 heavy (non-hydrogen) atoms. The van der Waals surface area contributed by atoms with Gasteiger partial charge in [-0.1, -0.05) is 58.4 Å². The number of carbonyl (C=O) groups excluding carboxylic acids is 1. The van der Waals surface area contributed by atoms with Crippen molar-refractivity contribution in [2.45, 2.75) is 64.4 Å². The quantitative estimate of drug-likeness (QED) is 0.411. The van der Waals surface area contributed by atoms with Crippen molar-refractivity contribution in [3.63, 3.8) is 0 Å². The Kier molecular flexibility index (Phi) is 9.14. The van der Waals surface area contributed by atoms with Gasteiger partial charge in [-0.15, -0.1) is 0 Å². The summed E-state index contributed by atoms with van der Waals surface area (Å²) in [5.41, 5.74) is 1.80. The molecule has 174 valence electrons. The first-order valence-electron chi connectivity index (χ1n) is 11.3. The van der Waals surface area contributed by atoms with Crippen molar-refractivity contribution in [3.8, 4) is 0 Å². The first-order chi connectivity index (χ1) is 15.3. The van der Waals surface area contributed by atoms with Crippen molar-refractivity contribution in [2.75, 3.05) is 19.8 Å².